The van der Waals surface area contributed by atoms with Crippen molar-refractivity contribution < 1.29 is 13.2 Å². The Labute approximate surface area is 157 Å². The molecule has 0 aliphatic heterocycles. The highest BCUT2D eigenvalue weighted by atomic mass is 35.5. The topological polar surface area (TPSA) is 38.1 Å². The van der Waals surface area contributed by atoms with Gasteiger partial charge in [0.1, 0.15) is 0 Å². The third-order valence-corrected chi connectivity index (χ3v) is 3.58. The minimum atomic E-state index is -4.38. The highest BCUT2D eigenvalue weighted by Crippen LogP contribution is 2.30. The Bertz CT molecular complexity index is 749. The molecule has 8 heteroatoms. The van der Waals surface area contributed by atoms with Gasteiger partial charge in [0, 0.05) is 24.2 Å². The lowest BCUT2D eigenvalue weighted by molar-refractivity contribution is -0.137. The molecule has 0 saturated heterocycles. The monoisotopic (exact) mass is 389 g/mol. The van der Waals surface area contributed by atoms with Gasteiger partial charge in [-0.05, 0) is 38.2 Å². The standard InChI is InChI=1S/C18H22F3N3O.ClH/c1-12(2)10-24-17(25)14(11-23(3)4)9-16(22-24)13-5-7-15(8-6-13)18(19,20)21;/h5-9,12H,10-11H2,1-4H3;1H. The molecule has 0 radical (unpaired) electrons. The summed E-state index contributed by atoms with van der Waals surface area (Å²) >= 11 is 0. The number of hydrogen-bond donors (Lipinski definition) is 0. The normalized spacial score (nSPS) is 11.7. The van der Waals surface area contributed by atoms with Crippen LogP contribution in [0.4, 0.5) is 13.2 Å². The van der Waals surface area contributed by atoms with E-state index in [2.05, 4.69) is 5.10 Å². The van der Waals surface area contributed by atoms with Crippen LogP contribution in [0.2, 0.25) is 0 Å². The van der Waals surface area contributed by atoms with E-state index in [0.29, 0.717) is 29.9 Å². The molecule has 0 amide bonds. The molecule has 2 aromatic rings. The fraction of sp³-hybridized carbons (Fsp3) is 0.444. The van der Waals surface area contributed by atoms with Gasteiger partial charge < -0.3 is 4.90 Å². The number of hydrogen-bond acceptors (Lipinski definition) is 3. The average molecular weight is 390 g/mol. The summed E-state index contributed by atoms with van der Waals surface area (Å²) in [6, 6.07) is 6.48. The predicted molar refractivity (Wildman–Crippen MR) is 98.4 cm³/mol. The molecule has 0 N–H and O–H groups in total. The highest BCUT2D eigenvalue weighted by molar-refractivity contribution is 5.85. The first-order chi connectivity index (χ1) is 11.6. The molecule has 0 spiro atoms. The molecule has 2 rings (SSSR count). The Morgan fingerprint density at radius 2 is 1.73 bits per heavy atom. The molecular formula is C18H23ClF3N3O. The second-order valence-electron chi connectivity index (χ2n) is 6.75. The first-order valence-electron chi connectivity index (χ1n) is 8.01. The molecule has 0 unspecified atom stereocenters. The zero-order chi connectivity index (χ0) is 18.8. The smallest absolute Gasteiger partial charge is 0.305 e. The van der Waals surface area contributed by atoms with E-state index in [-0.39, 0.29) is 23.9 Å². The number of alkyl halides is 3. The molecule has 0 fully saturated rings. The molecule has 0 aliphatic carbocycles. The molecule has 1 heterocycles. The number of benzene rings is 1. The van der Waals surface area contributed by atoms with E-state index in [1.807, 2.05) is 32.8 Å². The number of rotatable bonds is 5. The van der Waals surface area contributed by atoms with Gasteiger partial charge in [0.05, 0.1) is 11.3 Å². The zero-order valence-electron chi connectivity index (χ0n) is 15.2. The first-order valence-corrected chi connectivity index (χ1v) is 8.01. The van der Waals surface area contributed by atoms with Crippen LogP contribution < -0.4 is 5.56 Å². The minimum absolute atomic E-state index is 0. The van der Waals surface area contributed by atoms with Crippen LogP contribution in [0.1, 0.15) is 25.0 Å². The number of aromatic nitrogens is 2. The SMILES string of the molecule is CC(C)Cn1nc(-c2ccc(C(F)(F)F)cc2)cc(CN(C)C)c1=O.Cl. The second-order valence-corrected chi connectivity index (χ2v) is 6.75. The molecule has 1 aromatic carbocycles. The van der Waals surface area contributed by atoms with Crippen LogP contribution in [0.15, 0.2) is 35.1 Å². The van der Waals surface area contributed by atoms with Crippen LogP contribution in [0.3, 0.4) is 0 Å². The minimum Gasteiger partial charge on any atom is -0.305 e. The van der Waals surface area contributed by atoms with E-state index < -0.39 is 11.7 Å². The third kappa shape index (κ3) is 5.57. The highest BCUT2D eigenvalue weighted by Gasteiger charge is 2.30. The maximum atomic E-state index is 12.7. The van der Waals surface area contributed by atoms with Crippen LogP contribution in [-0.4, -0.2) is 28.8 Å². The Balaban J connectivity index is 0.00000338. The van der Waals surface area contributed by atoms with Crippen molar-refractivity contribution in [2.45, 2.75) is 33.1 Å². The van der Waals surface area contributed by atoms with E-state index >= 15 is 0 Å². The van der Waals surface area contributed by atoms with E-state index in [1.165, 1.54) is 16.8 Å². The van der Waals surface area contributed by atoms with Crippen molar-refractivity contribution in [3.8, 4) is 11.3 Å². The molecule has 4 nitrogen and oxygen atoms in total. The first kappa shape index (κ1) is 22.2. The summed E-state index contributed by atoms with van der Waals surface area (Å²) in [5.74, 6) is 0.222. The Morgan fingerprint density at radius 3 is 2.19 bits per heavy atom. The van der Waals surface area contributed by atoms with Gasteiger partial charge in [-0.25, -0.2) is 4.68 Å². The molecule has 0 aliphatic rings. The summed E-state index contributed by atoms with van der Waals surface area (Å²) in [5, 5.41) is 4.35. The molecule has 1 aromatic heterocycles. The van der Waals surface area contributed by atoms with Gasteiger partial charge in [-0.15, -0.1) is 12.4 Å². The Hall–Kier alpha value is -1.86. The van der Waals surface area contributed by atoms with Crippen molar-refractivity contribution >= 4 is 12.4 Å². The molecular weight excluding hydrogens is 367 g/mol. The van der Waals surface area contributed by atoms with Gasteiger partial charge in [0.25, 0.3) is 5.56 Å². The largest absolute Gasteiger partial charge is 0.416 e. The van der Waals surface area contributed by atoms with Crippen LogP contribution in [-0.2, 0) is 19.3 Å². The fourth-order valence-electron chi connectivity index (χ4n) is 2.49. The lowest BCUT2D eigenvalue weighted by Crippen LogP contribution is -2.30. The fourth-order valence-corrected chi connectivity index (χ4v) is 2.49. The summed E-state index contributed by atoms with van der Waals surface area (Å²) < 4.78 is 39.6. The zero-order valence-corrected chi connectivity index (χ0v) is 16.0. The van der Waals surface area contributed by atoms with Crippen molar-refractivity contribution in [1.29, 1.82) is 0 Å². The number of halogens is 4. The average Bonchev–Trinajstić information content (AvgIpc) is 2.49. The lowest BCUT2D eigenvalue weighted by Gasteiger charge is -2.15. The number of nitrogens with zero attached hydrogens (tertiary/aromatic N) is 3. The lowest BCUT2D eigenvalue weighted by atomic mass is 10.1. The van der Waals surface area contributed by atoms with Gasteiger partial charge in [-0.3, -0.25) is 4.79 Å². The van der Waals surface area contributed by atoms with Crippen molar-refractivity contribution in [2.75, 3.05) is 14.1 Å². The molecule has 0 saturated carbocycles. The van der Waals surface area contributed by atoms with Crippen LogP contribution in [0.25, 0.3) is 11.3 Å². The van der Waals surface area contributed by atoms with Crippen LogP contribution in [0, 0.1) is 5.92 Å². The molecule has 0 atom stereocenters. The summed E-state index contributed by atoms with van der Waals surface area (Å²) in [5.41, 5.74) is 0.727. The summed E-state index contributed by atoms with van der Waals surface area (Å²) in [6.45, 7) is 4.84. The summed E-state index contributed by atoms with van der Waals surface area (Å²) in [7, 11) is 3.70. The van der Waals surface area contributed by atoms with E-state index in [1.54, 1.807) is 6.07 Å². The van der Waals surface area contributed by atoms with Gasteiger partial charge in [-0.2, -0.15) is 18.3 Å². The predicted octanol–water partition coefficient (Wildman–Crippen LogP) is 4.07. The summed E-state index contributed by atoms with van der Waals surface area (Å²) in [4.78, 5) is 14.4. The molecule has 144 valence electrons. The van der Waals surface area contributed by atoms with Crippen LogP contribution >= 0.6 is 12.4 Å². The maximum absolute atomic E-state index is 12.7. The molecule has 26 heavy (non-hydrogen) atoms. The van der Waals surface area contributed by atoms with Gasteiger partial charge in [-0.1, -0.05) is 26.0 Å². The van der Waals surface area contributed by atoms with Crippen molar-refractivity contribution in [3.05, 3.63) is 51.8 Å². The van der Waals surface area contributed by atoms with Crippen molar-refractivity contribution in [3.63, 3.8) is 0 Å². The Kier molecular flexibility index (Phi) is 7.41. The summed E-state index contributed by atoms with van der Waals surface area (Å²) in [6.07, 6.45) is -4.38. The van der Waals surface area contributed by atoms with Gasteiger partial charge >= 0.3 is 6.18 Å². The Morgan fingerprint density at radius 1 is 1.15 bits per heavy atom. The van der Waals surface area contributed by atoms with Crippen molar-refractivity contribution in [2.24, 2.45) is 5.92 Å². The molecule has 0 bridgehead atoms. The van der Waals surface area contributed by atoms with E-state index in [0.717, 1.165) is 12.1 Å². The third-order valence-electron chi connectivity index (χ3n) is 3.58. The van der Waals surface area contributed by atoms with E-state index in [4.69, 9.17) is 0 Å². The van der Waals surface area contributed by atoms with Gasteiger partial charge in [0.15, 0.2) is 0 Å². The maximum Gasteiger partial charge on any atom is 0.416 e. The van der Waals surface area contributed by atoms with E-state index in [9.17, 15) is 18.0 Å². The second kappa shape index (κ2) is 8.68. The van der Waals surface area contributed by atoms with Crippen molar-refractivity contribution in [1.82, 2.24) is 14.7 Å². The van der Waals surface area contributed by atoms with Crippen LogP contribution in [0.5, 0.6) is 0 Å². The quantitative estimate of drug-likeness (QED) is 0.773. The van der Waals surface area contributed by atoms with Gasteiger partial charge in [0.2, 0.25) is 0 Å².